The first-order chi connectivity index (χ1) is 14.7. The molecular formula is C28H40O2S. The second kappa shape index (κ2) is 9.06. The van der Waals surface area contributed by atoms with Gasteiger partial charge in [0, 0.05) is 5.41 Å². The zero-order chi connectivity index (χ0) is 22.2. The number of carbonyl (C=O) groups is 1. The van der Waals surface area contributed by atoms with Crippen LogP contribution in [0.5, 0.6) is 0 Å². The third-order valence-corrected chi connectivity index (χ3v) is 9.63. The van der Waals surface area contributed by atoms with Gasteiger partial charge in [0.2, 0.25) is 0 Å². The summed E-state index contributed by atoms with van der Waals surface area (Å²) in [6, 6.07) is 0. The van der Waals surface area contributed by atoms with Gasteiger partial charge in [0.1, 0.15) is 0 Å². The molecule has 170 valence electrons. The summed E-state index contributed by atoms with van der Waals surface area (Å²) in [4.78, 5) is 11.7. The van der Waals surface area contributed by atoms with Gasteiger partial charge >= 0.3 is 0 Å². The van der Waals surface area contributed by atoms with Crippen LogP contribution in [0.2, 0.25) is 0 Å². The lowest BCUT2D eigenvalue weighted by atomic mass is 9.61. The molecule has 5 unspecified atom stereocenters. The number of thiol groups is 1. The molecule has 4 rings (SSSR count). The average Bonchev–Trinajstić information content (AvgIpc) is 3.43. The van der Waals surface area contributed by atoms with Crippen molar-refractivity contribution in [2.24, 2.45) is 28.6 Å². The lowest BCUT2D eigenvalue weighted by Crippen LogP contribution is -2.35. The summed E-state index contributed by atoms with van der Waals surface area (Å²) in [5.41, 5.74) is 4.23. The van der Waals surface area contributed by atoms with E-state index in [1.165, 1.54) is 37.7 Å². The third-order valence-electron chi connectivity index (χ3n) is 9.16. The van der Waals surface area contributed by atoms with Crippen molar-refractivity contribution in [3.63, 3.8) is 0 Å². The predicted molar refractivity (Wildman–Crippen MR) is 132 cm³/mol. The number of hydrogen-bond donors (Lipinski definition) is 2. The Bertz CT molecular complexity index is 815. The summed E-state index contributed by atoms with van der Waals surface area (Å²) in [7, 11) is 0. The first-order valence-electron chi connectivity index (χ1n) is 12.4. The summed E-state index contributed by atoms with van der Waals surface area (Å²) < 4.78 is 0. The van der Waals surface area contributed by atoms with E-state index in [9.17, 15) is 9.90 Å². The van der Waals surface area contributed by atoms with Crippen LogP contribution in [0.3, 0.4) is 0 Å². The van der Waals surface area contributed by atoms with Gasteiger partial charge in [0.15, 0.2) is 5.12 Å². The highest BCUT2D eigenvalue weighted by Crippen LogP contribution is 2.59. The lowest BCUT2D eigenvalue weighted by molar-refractivity contribution is -0.115. The van der Waals surface area contributed by atoms with Gasteiger partial charge in [-0.2, -0.15) is 0 Å². The molecule has 5 atom stereocenters. The Morgan fingerprint density at radius 2 is 2.00 bits per heavy atom. The van der Waals surface area contributed by atoms with Crippen molar-refractivity contribution >= 4 is 17.7 Å². The van der Waals surface area contributed by atoms with Crippen LogP contribution in [0.4, 0.5) is 0 Å². The maximum atomic E-state index is 11.7. The van der Waals surface area contributed by atoms with Gasteiger partial charge in [-0.05, 0) is 99.4 Å². The first kappa shape index (κ1) is 23.1. The Kier molecular flexibility index (Phi) is 6.75. The quantitative estimate of drug-likeness (QED) is 0.345. The molecule has 4 saturated carbocycles. The molecule has 1 N–H and O–H groups in total. The number of hydrogen-bond acceptors (Lipinski definition) is 2. The second-order valence-electron chi connectivity index (χ2n) is 11.1. The van der Waals surface area contributed by atoms with Gasteiger partial charge in [-0.15, -0.1) is 12.6 Å². The minimum atomic E-state index is -0.355. The molecule has 31 heavy (non-hydrogen) atoms. The van der Waals surface area contributed by atoms with E-state index in [-0.39, 0.29) is 16.6 Å². The largest absolute Gasteiger partial charge is 0.388 e. The van der Waals surface area contributed by atoms with Crippen LogP contribution in [0, 0.1) is 28.6 Å². The molecular weight excluding hydrogens is 400 g/mol. The fourth-order valence-corrected chi connectivity index (χ4v) is 7.12. The summed E-state index contributed by atoms with van der Waals surface area (Å²) in [6.45, 7) is 8.90. The Hall–Kier alpha value is -1.06. The highest BCUT2D eigenvalue weighted by atomic mass is 32.1. The van der Waals surface area contributed by atoms with E-state index in [4.69, 9.17) is 0 Å². The van der Waals surface area contributed by atoms with E-state index in [0.717, 1.165) is 44.1 Å². The van der Waals surface area contributed by atoms with Crippen LogP contribution < -0.4 is 0 Å². The van der Waals surface area contributed by atoms with Crippen LogP contribution in [-0.4, -0.2) is 16.3 Å². The first-order valence-corrected chi connectivity index (χ1v) is 12.8. The van der Waals surface area contributed by atoms with E-state index in [1.54, 1.807) is 5.57 Å². The van der Waals surface area contributed by atoms with Gasteiger partial charge in [-0.3, -0.25) is 4.79 Å². The van der Waals surface area contributed by atoms with Crippen molar-refractivity contribution in [1.29, 1.82) is 0 Å². The van der Waals surface area contributed by atoms with Crippen molar-refractivity contribution in [2.45, 2.75) is 90.6 Å². The number of fused-ring (bicyclic) bond motifs is 1. The van der Waals surface area contributed by atoms with E-state index in [0.29, 0.717) is 23.2 Å². The van der Waals surface area contributed by atoms with Gasteiger partial charge in [0.05, 0.1) is 6.10 Å². The summed E-state index contributed by atoms with van der Waals surface area (Å²) in [5, 5.41) is 10.2. The molecule has 0 radical (unpaired) electrons. The van der Waals surface area contributed by atoms with Gasteiger partial charge in [0.25, 0.3) is 0 Å². The van der Waals surface area contributed by atoms with Crippen LogP contribution in [0.25, 0.3) is 0 Å². The predicted octanol–water partition coefficient (Wildman–Crippen LogP) is 6.98. The normalized spacial score (nSPS) is 38.6. The lowest BCUT2D eigenvalue weighted by Gasteiger charge is -2.44. The Morgan fingerprint density at radius 1 is 1.23 bits per heavy atom. The third kappa shape index (κ3) is 4.69. The standard InChI is InChI=1S/C28H40O2S/c1-19(6-4-15-28(16-17-28)26(30)31)23-12-13-24-22(7-5-14-27(23,24)3)11-10-21-9-8-20(2)25(29)18-21/h4,6,10-11,19,23-25,29H,2,5,7-9,12-18H2,1,3H3,(H,30,31)/b6-4+,21-10-,22-11+. The van der Waals surface area contributed by atoms with Crippen LogP contribution >= 0.6 is 12.6 Å². The molecule has 0 bridgehead atoms. The highest BCUT2D eigenvalue weighted by molar-refractivity contribution is 7.96. The molecule has 0 aliphatic heterocycles. The number of carbonyl (C=O) groups excluding carboxylic acids is 1. The summed E-state index contributed by atoms with van der Waals surface area (Å²) >= 11 is 4.10. The Labute approximate surface area is 194 Å². The zero-order valence-electron chi connectivity index (χ0n) is 19.4. The van der Waals surface area contributed by atoms with Gasteiger partial charge < -0.3 is 5.11 Å². The van der Waals surface area contributed by atoms with E-state index in [2.05, 4.69) is 57.4 Å². The smallest absolute Gasteiger partial charge is 0.192 e. The average molecular weight is 441 g/mol. The maximum Gasteiger partial charge on any atom is 0.192 e. The van der Waals surface area contributed by atoms with E-state index in [1.807, 2.05) is 0 Å². The van der Waals surface area contributed by atoms with E-state index < -0.39 is 0 Å². The van der Waals surface area contributed by atoms with Crippen molar-refractivity contribution in [2.75, 3.05) is 0 Å². The van der Waals surface area contributed by atoms with Gasteiger partial charge in [-0.25, -0.2) is 0 Å². The Morgan fingerprint density at radius 3 is 2.68 bits per heavy atom. The summed E-state index contributed by atoms with van der Waals surface area (Å²) in [5.74, 6) is 1.96. The second-order valence-corrected chi connectivity index (χ2v) is 11.5. The topological polar surface area (TPSA) is 37.3 Å². The molecule has 3 heteroatoms. The molecule has 2 nitrogen and oxygen atoms in total. The van der Waals surface area contributed by atoms with Crippen LogP contribution in [0.15, 0.2) is 47.6 Å². The van der Waals surface area contributed by atoms with Crippen molar-refractivity contribution in [3.8, 4) is 0 Å². The number of allylic oxidation sites excluding steroid dienone is 5. The fourth-order valence-electron chi connectivity index (χ4n) is 6.80. The number of rotatable bonds is 6. The zero-order valence-corrected chi connectivity index (χ0v) is 20.3. The SMILES string of the molecule is C=C1CC/C(=C/C=C2\CCCC3(C)C2CCC3C(C)/C=C/CC2(C(=O)S)CC2)CC1O. The maximum absolute atomic E-state index is 11.7. The number of aliphatic hydroxyl groups is 1. The highest BCUT2D eigenvalue weighted by Gasteiger charge is 2.50. The van der Waals surface area contributed by atoms with Crippen LogP contribution in [-0.2, 0) is 4.79 Å². The van der Waals surface area contributed by atoms with Crippen molar-refractivity contribution in [3.05, 3.63) is 47.6 Å². The molecule has 0 amide bonds. The summed E-state index contributed by atoms with van der Waals surface area (Å²) in [6.07, 6.45) is 21.1. The molecule has 0 aromatic heterocycles. The van der Waals surface area contributed by atoms with Crippen molar-refractivity contribution < 1.29 is 9.90 Å². The molecule has 4 fully saturated rings. The molecule has 0 aromatic carbocycles. The minimum absolute atomic E-state index is 0.0728. The Balaban J connectivity index is 1.42. The molecule has 0 heterocycles. The molecule has 0 aromatic rings. The van der Waals surface area contributed by atoms with Crippen LogP contribution in [0.1, 0.15) is 84.5 Å². The fraction of sp³-hybridized carbons (Fsp3) is 0.679. The molecule has 0 saturated heterocycles. The van der Waals surface area contributed by atoms with Gasteiger partial charge in [-0.1, -0.05) is 55.9 Å². The molecule has 4 aliphatic rings. The van der Waals surface area contributed by atoms with Crippen molar-refractivity contribution in [1.82, 2.24) is 0 Å². The minimum Gasteiger partial charge on any atom is -0.388 e. The molecule has 0 spiro atoms. The van der Waals surface area contributed by atoms with E-state index >= 15 is 0 Å². The monoisotopic (exact) mass is 440 g/mol. The number of aliphatic hydroxyl groups excluding tert-OH is 1. The molecule has 4 aliphatic carbocycles.